The van der Waals surface area contributed by atoms with Crippen LogP contribution in [0.25, 0.3) is 0 Å². The van der Waals surface area contributed by atoms with Crippen molar-refractivity contribution in [1.29, 1.82) is 0 Å². The Hall–Kier alpha value is -2.28. The van der Waals surface area contributed by atoms with E-state index in [4.69, 9.17) is 9.47 Å². The fraction of sp³-hybridized carbons (Fsp3) is 0.704. The minimum absolute atomic E-state index is 0.0266. The molecule has 1 aromatic carbocycles. The van der Waals surface area contributed by atoms with E-state index in [9.17, 15) is 14.7 Å². The first-order valence-corrected chi connectivity index (χ1v) is 13.1. The molecular formula is C27H44N2O5. The van der Waals surface area contributed by atoms with Crippen LogP contribution in [0.1, 0.15) is 77.7 Å². The number of rotatable bonds is 16. The molecule has 34 heavy (non-hydrogen) atoms. The quantitative estimate of drug-likeness (QED) is 0.339. The molecule has 1 unspecified atom stereocenters. The molecule has 1 fully saturated rings. The van der Waals surface area contributed by atoms with Gasteiger partial charge in [-0.25, -0.2) is 9.59 Å². The Balaban J connectivity index is 1.92. The van der Waals surface area contributed by atoms with Crippen LogP contribution in [0.5, 0.6) is 5.75 Å². The number of carboxylic acid groups (broad SMARTS) is 1. The van der Waals surface area contributed by atoms with Crippen LogP contribution < -0.4 is 10.1 Å². The van der Waals surface area contributed by atoms with Crippen molar-refractivity contribution in [2.75, 3.05) is 26.3 Å². The van der Waals surface area contributed by atoms with Gasteiger partial charge in [-0.2, -0.15) is 0 Å². The number of carboxylic acids is 1. The second-order valence-electron chi connectivity index (χ2n) is 9.30. The Labute approximate surface area is 205 Å². The van der Waals surface area contributed by atoms with Gasteiger partial charge < -0.3 is 24.8 Å². The smallest absolute Gasteiger partial charge is 0.333 e. The zero-order valence-corrected chi connectivity index (χ0v) is 21.3. The summed E-state index contributed by atoms with van der Waals surface area (Å²) in [4.78, 5) is 26.3. The van der Waals surface area contributed by atoms with Crippen molar-refractivity contribution in [3.63, 3.8) is 0 Å². The SMILES string of the molecule is CCCC(CCC)CN(CCOc1ccc(CC(OCC)C(=O)O)cc1)C(=O)NC1CCCC1. The van der Waals surface area contributed by atoms with E-state index in [1.807, 2.05) is 29.2 Å². The van der Waals surface area contributed by atoms with Crippen molar-refractivity contribution in [2.45, 2.75) is 90.7 Å². The molecule has 2 rings (SSSR count). The number of amides is 2. The molecule has 1 atom stereocenters. The molecule has 1 aliphatic carbocycles. The van der Waals surface area contributed by atoms with Crippen LogP contribution in [0.15, 0.2) is 24.3 Å². The minimum Gasteiger partial charge on any atom is -0.492 e. The highest BCUT2D eigenvalue weighted by atomic mass is 16.5. The Kier molecular flexibility index (Phi) is 12.8. The van der Waals surface area contributed by atoms with Gasteiger partial charge in [-0.1, -0.05) is 51.7 Å². The van der Waals surface area contributed by atoms with Gasteiger partial charge in [-0.15, -0.1) is 0 Å². The molecule has 0 heterocycles. The number of aliphatic carboxylic acids is 1. The maximum Gasteiger partial charge on any atom is 0.333 e. The summed E-state index contributed by atoms with van der Waals surface area (Å²) in [6, 6.07) is 7.75. The third kappa shape index (κ3) is 9.92. The van der Waals surface area contributed by atoms with Crippen molar-refractivity contribution in [2.24, 2.45) is 5.92 Å². The van der Waals surface area contributed by atoms with Crippen molar-refractivity contribution in [3.05, 3.63) is 29.8 Å². The first-order valence-electron chi connectivity index (χ1n) is 13.1. The Morgan fingerprint density at radius 3 is 2.29 bits per heavy atom. The molecule has 2 N–H and O–H groups in total. The predicted molar refractivity (Wildman–Crippen MR) is 134 cm³/mol. The van der Waals surface area contributed by atoms with E-state index in [-0.39, 0.29) is 6.03 Å². The summed E-state index contributed by atoms with van der Waals surface area (Å²) in [7, 11) is 0. The number of carbonyl (C=O) groups is 2. The zero-order valence-electron chi connectivity index (χ0n) is 21.3. The Morgan fingerprint density at radius 1 is 1.09 bits per heavy atom. The molecule has 0 radical (unpaired) electrons. The highest BCUT2D eigenvalue weighted by molar-refractivity contribution is 5.74. The van der Waals surface area contributed by atoms with Gasteiger partial charge in [0.05, 0.1) is 6.54 Å². The van der Waals surface area contributed by atoms with Crippen LogP contribution in [0, 0.1) is 5.92 Å². The van der Waals surface area contributed by atoms with Crippen molar-refractivity contribution >= 4 is 12.0 Å². The number of hydrogen-bond acceptors (Lipinski definition) is 4. The largest absolute Gasteiger partial charge is 0.492 e. The van der Waals surface area contributed by atoms with Gasteiger partial charge in [0.2, 0.25) is 0 Å². The molecule has 0 saturated heterocycles. The highest BCUT2D eigenvalue weighted by Crippen LogP contribution is 2.20. The van der Waals surface area contributed by atoms with Gasteiger partial charge in [-0.3, -0.25) is 0 Å². The standard InChI is InChI=1S/C27H44N2O5/c1-4-9-22(10-5-2)20-29(27(32)28-23-11-7-8-12-23)17-18-34-24-15-13-21(14-16-24)19-25(26(30)31)33-6-3/h13-16,22-23,25H,4-12,17-20H2,1-3H3,(H,28,32)(H,30,31). The molecule has 1 aliphatic rings. The molecule has 192 valence electrons. The van der Waals surface area contributed by atoms with Crippen LogP contribution in [0.2, 0.25) is 0 Å². The molecular weight excluding hydrogens is 432 g/mol. The second-order valence-corrected chi connectivity index (χ2v) is 9.30. The van der Waals surface area contributed by atoms with E-state index < -0.39 is 12.1 Å². The molecule has 0 bridgehead atoms. The molecule has 1 saturated carbocycles. The molecule has 0 aliphatic heterocycles. The van der Waals surface area contributed by atoms with Gasteiger partial charge >= 0.3 is 12.0 Å². The van der Waals surface area contributed by atoms with E-state index in [2.05, 4.69) is 19.2 Å². The van der Waals surface area contributed by atoms with Crippen molar-refractivity contribution < 1.29 is 24.2 Å². The molecule has 2 amide bonds. The molecule has 0 spiro atoms. The van der Waals surface area contributed by atoms with Crippen LogP contribution in [0.4, 0.5) is 4.79 Å². The van der Waals surface area contributed by atoms with Gasteiger partial charge in [0.1, 0.15) is 12.4 Å². The van der Waals surface area contributed by atoms with Crippen molar-refractivity contribution in [3.8, 4) is 5.75 Å². The van der Waals surface area contributed by atoms with Crippen LogP contribution >= 0.6 is 0 Å². The number of nitrogens with one attached hydrogen (secondary N) is 1. The monoisotopic (exact) mass is 476 g/mol. The Bertz CT molecular complexity index is 712. The normalized spacial score (nSPS) is 14.8. The average molecular weight is 477 g/mol. The van der Waals surface area contributed by atoms with Crippen molar-refractivity contribution in [1.82, 2.24) is 10.2 Å². The lowest BCUT2D eigenvalue weighted by Crippen LogP contribution is -2.47. The molecule has 7 heteroatoms. The Morgan fingerprint density at radius 2 is 1.74 bits per heavy atom. The first kappa shape index (κ1) is 28.0. The first-order chi connectivity index (χ1) is 16.5. The van der Waals surface area contributed by atoms with Gasteiger partial charge in [0.25, 0.3) is 0 Å². The van der Waals surface area contributed by atoms with Crippen LogP contribution in [-0.4, -0.2) is 60.5 Å². The van der Waals surface area contributed by atoms with Gasteiger partial charge in [0, 0.05) is 25.6 Å². The fourth-order valence-electron chi connectivity index (χ4n) is 4.70. The summed E-state index contributed by atoms with van der Waals surface area (Å²) < 4.78 is 11.2. The summed E-state index contributed by atoms with van der Waals surface area (Å²) in [6.07, 6.45) is 8.49. The lowest BCUT2D eigenvalue weighted by molar-refractivity contribution is -0.149. The summed E-state index contributed by atoms with van der Waals surface area (Å²) in [6.45, 7) is 8.26. The predicted octanol–water partition coefficient (Wildman–Crippen LogP) is 5.27. The lowest BCUT2D eigenvalue weighted by atomic mass is 9.98. The number of urea groups is 1. The molecule has 7 nitrogen and oxygen atoms in total. The highest BCUT2D eigenvalue weighted by Gasteiger charge is 2.23. The summed E-state index contributed by atoms with van der Waals surface area (Å²) in [5.41, 5.74) is 0.882. The lowest BCUT2D eigenvalue weighted by Gasteiger charge is -2.29. The van der Waals surface area contributed by atoms with E-state index in [0.29, 0.717) is 43.9 Å². The van der Waals surface area contributed by atoms with E-state index in [1.54, 1.807) is 6.92 Å². The fourth-order valence-corrected chi connectivity index (χ4v) is 4.70. The third-order valence-corrected chi connectivity index (χ3v) is 6.46. The topological polar surface area (TPSA) is 88.1 Å². The third-order valence-electron chi connectivity index (χ3n) is 6.46. The molecule has 1 aromatic rings. The van der Waals surface area contributed by atoms with Gasteiger partial charge in [-0.05, 0) is 56.2 Å². The van der Waals surface area contributed by atoms with Crippen LogP contribution in [-0.2, 0) is 16.0 Å². The second kappa shape index (κ2) is 15.6. The van der Waals surface area contributed by atoms with Crippen LogP contribution in [0.3, 0.4) is 0 Å². The summed E-state index contributed by atoms with van der Waals surface area (Å²) in [5, 5.41) is 12.5. The molecule has 0 aromatic heterocycles. The summed E-state index contributed by atoms with van der Waals surface area (Å²) >= 11 is 0. The number of benzene rings is 1. The minimum atomic E-state index is -0.956. The van der Waals surface area contributed by atoms with E-state index >= 15 is 0 Å². The van der Waals surface area contributed by atoms with E-state index in [0.717, 1.165) is 50.6 Å². The van der Waals surface area contributed by atoms with Gasteiger partial charge in [0.15, 0.2) is 6.10 Å². The number of nitrogens with zero attached hydrogens (tertiary/aromatic N) is 1. The maximum absolute atomic E-state index is 13.0. The zero-order chi connectivity index (χ0) is 24.8. The summed E-state index contributed by atoms with van der Waals surface area (Å²) in [5.74, 6) is 0.264. The van der Waals surface area contributed by atoms with E-state index in [1.165, 1.54) is 12.8 Å². The average Bonchev–Trinajstić information content (AvgIpc) is 3.32. The number of ether oxygens (including phenoxy) is 2. The maximum atomic E-state index is 13.0. The number of hydrogen-bond donors (Lipinski definition) is 2. The number of carbonyl (C=O) groups excluding carboxylic acids is 1.